The molecular weight excluding hydrogens is 463 g/mol. The number of methoxy groups -OCH3 is 1. The van der Waals surface area contributed by atoms with Gasteiger partial charge in [0.1, 0.15) is 5.69 Å². The summed E-state index contributed by atoms with van der Waals surface area (Å²) < 4.78 is 25.1. The Morgan fingerprint density at radius 1 is 1.26 bits per heavy atom. The van der Waals surface area contributed by atoms with E-state index in [-0.39, 0.29) is 22.9 Å². The molecule has 1 atom stereocenters. The van der Waals surface area contributed by atoms with Crippen molar-refractivity contribution in [3.8, 4) is 22.9 Å². The maximum Gasteiger partial charge on any atom is 0.258 e. The standard InChI is InChI=1S/C23H20ClFN6O3/c1-13-14(5-3-6-16(13)24)22-28-21(29-34-22)18-7-4-10-30(18)23(32)15-11-20(33-2)17(25)12-19(15)31-26-8-9-27-31/h3,5-6,8-9,11-12,18H,4,7,10H2,1-2H3. The average Bonchev–Trinajstić information content (AvgIpc) is 3.61. The Morgan fingerprint density at radius 3 is 2.82 bits per heavy atom. The molecule has 0 N–H and O–H groups in total. The van der Waals surface area contributed by atoms with Crippen LogP contribution < -0.4 is 4.74 Å². The number of likely N-dealkylation sites (tertiary alicyclic amines) is 1. The van der Waals surface area contributed by atoms with Crippen LogP contribution in [0.25, 0.3) is 17.1 Å². The van der Waals surface area contributed by atoms with Gasteiger partial charge in [-0.25, -0.2) is 4.39 Å². The van der Waals surface area contributed by atoms with Crippen molar-refractivity contribution >= 4 is 17.5 Å². The number of halogens is 2. The summed E-state index contributed by atoms with van der Waals surface area (Å²) in [6, 6.07) is 7.60. The Balaban J connectivity index is 1.50. The summed E-state index contributed by atoms with van der Waals surface area (Å²) in [4.78, 5) is 21.1. The van der Waals surface area contributed by atoms with Crippen LogP contribution in [-0.4, -0.2) is 49.6 Å². The highest BCUT2D eigenvalue weighted by Crippen LogP contribution is 2.35. The van der Waals surface area contributed by atoms with Gasteiger partial charge >= 0.3 is 0 Å². The van der Waals surface area contributed by atoms with Crippen molar-refractivity contribution in [3.63, 3.8) is 0 Å². The molecule has 11 heteroatoms. The second-order valence-electron chi connectivity index (χ2n) is 7.85. The molecule has 1 amide bonds. The minimum absolute atomic E-state index is 0.0479. The first-order valence-electron chi connectivity index (χ1n) is 10.6. The lowest BCUT2D eigenvalue weighted by Gasteiger charge is -2.23. The number of hydrogen-bond acceptors (Lipinski definition) is 7. The van der Waals surface area contributed by atoms with E-state index in [1.807, 2.05) is 19.1 Å². The van der Waals surface area contributed by atoms with Crippen LogP contribution in [0, 0.1) is 12.7 Å². The molecule has 1 fully saturated rings. The third-order valence-corrected chi connectivity index (χ3v) is 6.30. The van der Waals surface area contributed by atoms with Gasteiger partial charge in [-0.15, -0.1) is 0 Å². The summed E-state index contributed by atoms with van der Waals surface area (Å²) in [6.45, 7) is 2.36. The van der Waals surface area contributed by atoms with Gasteiger partial charge in [-0.1, -0.05) is 22.8 Å². The number of amides is 1. The zero-order chi connectivity index (χ0) is 23.8. The van der Waals surface area contributed by atoms with Crippen LogP contribution in [0.1, 0.15) is 40.6 Å². The Morgan fingerprint density at radius 2 is 2.06 bits per heavy atom. The van der Waals surface area contributed by atoms with Crippen LogP contribution >= 0.6 is 11.6 Å². The van der Waals surface area contributed by atoms with Crippen molar-refractivity contribution in [2.24, 2.45) is 0 Å². The maximum atomic E-state index is 14.5. The number of ether oxygens (including phenoxy) is 1. The third-order valence-electron chi connectivity index (χ3n) is 5.89. The molecule has 9 nitrogen and oxygen atoms in total. The second kappa shape index (κ2) is 8.86. The molecule has 2 aromatic heterocycles. The number of benzene rings is 2. The van der Waals surface area contributed by atoms with Gasteiger partial charge in [0.25, 0.3) is 11.8 Å². The number of aromatic nitrogens is 5. The van der Waals surface area contributed by atoms with Crippen LogP contribution in [0.3, 0.4) is 0 Å². The Hall–Kier alpha value is -3.79. The maximum absolute atomic E-state index is 14.5. The molecular formula is C23H20ClFN6O3. The van der Waals surface area contributed by atoms with Gasteiger partial charge < -0.3 is 14.2 Å². The first kappa shape index (κ1) is 22.0. The molecule has 4 aromatic rings. The van der Waals surface area contributed by atoms with Gasteiger partial charge in [-0.3, -0.25) is 4.79 Å². The monoisotopic (exact) mass is 482 g/mol. The summed E-state index contributed by atoms with van der Waals surface area (Å²) in [7, 11) is 1.34. The van der Waals surface area contributed by atoms with Crippen LogP contribution in [0.15, 0.2) is 47.2 Å². The number of hydrogen-bond donors (Lipinski definition) is 0. The largest absolute Gasteiger partial charge is 0.494 e. The summed E-state index contributed by atoms with van der Waals surface area (Å²) in [6.07, 6.45) is 4.32. The fourth-order valence-corrected chi connectivity index (χ4v) is 4.30. The van der Waals surface area contributed by atoms with Crippen molar-refractivity contribution in [3.05, 3.63) is 70.5 Å². The zero-order valence-corrected chi connectivity index (χ0v) is 19.2. The highest BCUT2D eigenvalue weighted by atomic mass is 35.5. The quantitative estimate of drug-likeness (QED) is 0.415. The molecule has 0 radical (unpaired) electrons. The van der Waals surface area contributed by atoms with Crippen LogP contribution in [0.4, 0.5) is 4.39 Å². The van der Waals surface area contributed by atoms with Gasteiger partial charge in [0.05, 0.1) is 31.1 Å². The Labute approximate surface area is 199 Å². The number of carbonyl (C=O) groups is 1. The number of nitrogens with zero attached hydrogens (tertiary/aromatic N) is 6. The Kier molecular flexibility index (Phi) is 5.74. The third kappa shape index (κ3) is 3.79. The normalized spacial score (nSPS) is 15.6. The van der Waals surface area contributed by atoms with E-state index in [1.165, 1.54) is 36.4 Å². The molecule has 174 valence electrons. The van der Waals surface area contributed by atoms with Crippen LogP contribution in [0.5, 0.6) is 5.75 Å². The van der Waals surface area contributed by atoms with Crippen molar-refractivity contribution in [2.75, 3.05) is 13.7 Å². The molecule has 34 heavy (non-hydrogen) atoms. The molecule has 2 aromatic carbocycles. The summed E-state index contributed by atoms with van der Waals surface area (Å²) in [5.41, 5.74) is 1.98. The van der Waals surface area contributed by atoms with Crippen molar-refractivity contribution in [1.82, 2.24) is 30.0 Å². The molecule has 1 saturated heterocycles. The first-order valence-corrected chi connectivity index (χ1v) is 11.0. The highest BCUT2D eigenvalue weighted by molar-refractivity contribution is 6.31. The molecule has 5 rings (SSSR count). The predicted octanol–water partition coefficient (Wildman–Crippen LogP) is 4.40. The first-order chi connectivity index (χ1) is 16.5. The average molecular weight is 483 g/mol. The van der Waals surface area contributed by atoms with E-state index in [2.05, 4.69) is 20.3 Å². The fourth-order valence-electron chi connectivity index (χ4n) is 4.13. The number of carbonyl (C=O) groups excluding carboxylic acids is 1. The lowest BCUT2D eigenvalue weighted by Crippen LogP contribution is -2.32. The summed E-state index contributed by atoms with van der Waals surface area (Å²) in [5.74, 6) is -0.275. The van der Waals surface area contributed by atoms with Crippen molar-refractivity contribution < 1.29 is 18.4 Å². The minimum Gasteiger partial charge on any atom is -0.494 e. The Bertz CT molecular complexity index is 1360. The van der Waals surface area contributed by atoms with Crippen LogP contribution in [-0.2, 0) is 0 Å². The van der Waals surface area contributed by atoms with E-state index in [9.17, 15) is 9.18 Å². The van der Waals surface area contributed by atoms with Gasteiger partial charge in [0.15, 0.2) is 17.4 Å². The van der Waals surface area contributed by atoms with E-state index in [0.717, 1.165) is 17.5 Å². The second-order valence-corrected chi connectivity index (χ2v) is 8.26. The molecule has 0 aliphatic carbocycles. The highest BCUT2D eigenvalue weighted by Gasteiger charge is 2.36. The molecule has 0 spiro atoms. The molecule has 1 aliphatic heterocycles. The van der Waals surface area contributed by atoms with Gasteiger partial charge in [0.2, 0.25) is 0 Å². The lowest BCUT2D eigenvalue weighted by atomic mass is 10.1. The van der Waals surface area contributed by atoms with E-state index in [0.29, 0.717) is 29.7 Å². The minimum atomic E-state index is -0.621. The van der Waals surface area contributed by atoms with E-state index in [1.54, 1.807) is 11.0 Å². The summed E-state index contributed by atoms with van der Waals surface area (Å²) >= 11 is 6.23. The number of rotatable bonds is 5. The lowest BCUT2D eigenvalue weighted by molar-refractivity contribution is 0.0727. The van der Waals surface area contributed by atoms with E-state index >= 15 is 0 Å². The van der Waals surface area contributed by atoms with Crippen LogP contribution in [0.2, 0.25) is 5.02 Å². The molecule has 3 heterocycles. The van der Waals surface area contributed by atoms with E-state index in [4.69, 9.17) is 20.9 Å². The van der Waals surface area contributed by atoms with Gasteiger partial charge in [0, 0.05) is 23.2 Å². The van der Waals surface area contributed by atoms with Crippen molar-refractivity contribution in [1.29, 1.82) is 0 Å². The smallest absolute Gasteiger partial charge is 0.258 e. The van der Waals surface area contributed by atoms with Gasteiger partial charge in [-0.05, 0) is 43.5 Å². The zero-order valence-electron chi connectivity index (χ0n) is 18.4. The fraction of sp³-hybridized carbons (Fsp3) is 0.261. The SMILES string of the molecule is COc1cc(C(=O)N2CCCC2c2noc(-c3cccc(Cl)c3C)n2)c(-n2nccn2)cc1F. The van der Waals surface area contributed by atoms with Gasteiger partial charge in [-0.2, -0.15) is 20.0 Å². The van der Waals surface area contributed by atoms with Crippen molar-refractivity contribution in [2.45, 2.75) is 25.8 Å². The molecule has 1 aliphatic rings. The topological polar surface area (TPSA) is 99.2 Å². The molecule has 0 bridgehead atoms. The predicted molar refractivity (Wildman–Crippen MR) is 120 cm³/mol. The molecule has 1 unspecified atom stereocenters. The van der Waals surface area contributed by atoms with E-state index < -0.39 is 11.9 Å². The summed E-state index contributed by atoms with van der Waals surface area (Å²) in [5, 5.41) is 12.9. The molecule has 0 saturated carbocycles.